The number of carbonyl (C=O) groups is 1. The molecule has 6 heteroatoms. The predicted octanol–water partition coefficient (Wildman–Crippen LogP) is 3.13. The fourth-order valence-corrected chi connectivity index (χ4v) is 2.49. The van der Waals surface area contributed by atoms with Gasteiger partial charge in [-0.05, 0) is 24.6 Å². The summed E-state index contributed by atoms with van der Waals surface area (Å²) in [6.45, 7) is 2.77. The summed E-state index contributed by atoms with van der Waals surface area (Å²) in [4.78, 5) is 13.3. The van der Waals surface area contributed by atoms with Gasteiger partial charge in [0.05, 0.1) is 12.8 Å². The lowest BCUT2D eigenvalue weighted by Gasteiger charge is -2.24. The number of ether oxygens (including phenoxy) is 1. The third-order valence-electron chi connectivity index (χ3n) is 3.67. The van der Waals surface area contributed by atoms with Crippen molar-refractivity contribution >= 4 is 5.97 Å². The van der Waals surface area contributed by atoms with Crippen LogP contribution in [0.25, 0.3) is 0 Å². The molecule has 5 nitrogen and oxygen atoms in total. The highest BCUT2D eigenvalue weighted by molar-refractivity contribution is 5.69. The average Bonchev–Trinajstić information content (AvgIpc) is 3.08. The van der Waals surface area contributed by atoms with Crippen LogP contribution in [0.15, 0.2) is 47.1 Å². The largest absolute Gasteiger partial charge is 0.468 e. The number of hydrogen-bond acceptors (Lipinski definition) is 5. The second-order valence-corrected chi connectivity index (χ2v) is 5.93. The first kappa shape index (κ1) is 19.1. The van der Waals surface area contributed by atoms with Crippen LogP contribution in [0.1, 0.15) is 31.1 Å². The van der Waals surface area contributed by atoms with E-state index in [1.807, 2.05) is 17.9 Å². The zero-order valence-corrected chi connectivity index (χ0v) is 14.4. The smallest absolute Gasteiger partial charge is 0.305 e. The van der Waals surface area contributed by atoms with Crippen LogP contribution in [0.2, 0.25) is 0 Å². The summed E-state index contributed by atoms with van der Waals surface area (Å²) in [6.07, 6.45) is 1.74. The van der Waals surface area contributed by atoms with Crippen LogP contribution < -0.4 is 0 Å². The van der Waals surface area contributed by atoms with Gasteiger partial charge in [-0.1, -0.05) is 25.1 Å². The summed E-state index contributed by atoms with van der Waals surface area (Å²) in [7, 11) is 0. The van der Waals surface area contributed by atoms with E-state index in [4.69, 9.17) is 9.15 Å². The molecule has 0 aliphatic carbocycles. The summed E-state index contributed by atoms with van der Waals surface area (Å²) in [5.74, 6) is 0.0931. The Morgan fingerprint density at radius 1 is 1.28 bits per heavy atom. The quantitative estimate of drug-likeness (QED) is 0.668. The maximum atomic E-state index is 13.9. The molecule has 0 fully saturated rings. The fraction of sp³-hybridized carbons (Fsp3) is 0.421. The molecule has 0 bridgehead atoms. The molecule has 0 spiro atoms. The molecule has 0 unspecified atom stereocenters. The number of carbonyl (C=O) groups excluding carboxylic acids is 1. The molecule has 0 aliphatic rings. The van der Waals surface area contributed by atoms with Gasteiger partial charge in [-0.3, -0.25) is 9.69 Å². The number of aliphatic hydroxyl groups is 1. The second kappa shape index (κ2) is 9.96. The molecular formula is C19H24FNO4. The molecule has 1 atom stereocenters. The van der Waals surface area contributed by atoms with Gasteiger partial charge < -0.3 is 14.3 Å². The summed E-state index contributed by atoms with van der Waals surface area (Å²) in [5, 5.41) is 10.2. The number of esters is 1. The van der Waals surface area contributed by atoms with Gasteiger partial charge in [-0.15, -0.1) is 0 Å². The number of nitrogens with zero attached hydrogens (tertiary/aromatic N) is 1. The minimum atomic E-state index is -0.859. The van der Waals surface area contributed by atoms with Crippen molar-refractivity contribution in [1.82, 2.24) is 4.90 Å². The van der Waals surface area contributed by atoms with Crippen molar-refractivity contribution in [2.75, 3.05) is 13.2 Å². The normalized spacial score (nSPS) is 12.3. The Labute approximate surface area is 147 Å². The number of halogens is 1. The molecule has 1 aromatic carbocycles. The van der Waals surface area contributed by atoms with Gasteiger partial charge in [0.15, 0.2) is 0 Å². The van der Waals surface area contributed by atoms with Gasteiger partial charge >= 0.3 is 5.97 Å². The number of benzene rings is 1. The van der Waals surface area contributed by atoms with Crippen LogP contribution in [0, 0.1) is 5.82 Å². The molecule has 2 aromatic rings. The van der Waals surface area contributed by atoms with E-state index < -0.39 is 6.10 Å². The van der Waals surface area contributed by atoms with Gasteiger partial charge in [0.2, 0.25) is 0 Å². The van der Waals surface area contributed by atoms with E-state index in [2.05, 4.69) is 0 Å². The van der Waals surface area contributed by atoms with Crippen LogP contribution in [-0.4, -0.2) is 35.2 Å². The standard InChI is InChI=1S/C19H24FNO4/c1-2-6-19(23)25-14-16(22)12-21(13-17-8-5-10-24-17)11-15-7-3-4-9-18(15)20/h3-5,7-10,16,22H,2,6,11-14H2,1H3/t16-/m1/s1. The van der Waals surface area contributed by atoms with Crippen LogP contribution in [0.3, 0.4) is 0 Å². The highest BCUT2D eigenvalue weighted by Crippen LogP contribution is 2.14. The molecule has 25 heavy (non-hydrogen) atoms. The maximum absolute atomic E-state index is 13.9. The summed E-state index contributed by atoms with van der Waals surface area (Å²) in [5.41, 5.74) is 0.532. The Kier molecular flexibility index (Phi) is 7.63. The Hall–Kier alpha value is -2.18. The van der Waals surface area contributed by atoms with E-state index in [-0.39, 0.29) is 24.9 Å². The van der Waals surface area contributed by atoms with E-state index in [0.717, 1.165) is 0 Å². The van der Waals surface area contributed by atoms with Crippen LogP contribution >= 0.6 is 0 Å². The van der Waals surface area contributed by atoms with Gasteiger partial charge in [0, 0.05) is 25.1 Å². The zero-order valence-electron chi connectivity index (χ0n) is 14.4. The first-order valence-electron chi connectivity index (χ1n) is 8.40. The SMILES string of the molecule is CCCC(=O)OC[C@H](O)CN(Cc1ccco1)Cc1ccccc1F. The summed E-state index contributed by atoms with van der Waals surface area (Å²) >= 11 is 0. The molecule has 0 amide bonds. The number of aliphatic hydroxyl groups excluding tert-OH is 1. The lowest BCUT2D eigenvalue weighted by molar-refractivity contribution is -0.147. The number of furan rings is 1. The highest BCUT2D eigenvalue weighted by atomic mass is 19.1. The van der Waals surface area contributed by atoms with E-state index in [1.165, 1.54) is 6.07 Å². The fourth-order valence-electron chi connectivity index (χ4n) is 2.49. The molecular weight excluding hydrogens is 325 g/mol. The minimum absolute atomic E-state index is 0.0786. The third-order valence-corrected chi connectivity index (χ3v) is 3.67. The van der Waals surface area contributed by atoms with E-state index in [1.54, 1.807) is 30.5 Å². The lowest BCUT2D eigenvalue weighted by Crippen LogP contribution is -2.35. The van der Waals surface area contributed by atoms with Gasteiger partial charge in [-0.25, -0.2) is 4.39 Å². The van der Waals surface area contributed by atoms with Crippen LogP contribution in [-0.2, 0) is 22.6 Å². The van der Waals surface area contributed by atoms with Crippen molar-refractivity contribution in [3.05, 3.63) is 59.8 Å². The van der Waals surface area contributed by atoms with E-state index >= 15 is 0 Å². The second-order valence-electron chi connectivity index (χ2n) is 5.93. The van der Waals surface area contributed by atoms with Crippen molar-refractivity contribution in [3.63, 3.8) is 0 Å². The zero-order chi connectivity index (χ0) is 18.1. The molecule has 0 radical (unpaired) electrons. The predicted molar refractivity (Wildman–Crippen MR) is 91.1 cm³/mol. The topological polar surface area (TPSA) is 62.9 Å². The van der Waals surface area contributed by atoms with Gasteiger partial charge in [-0.2, -0.15) is 0 Å². The van der Waals surface area contributed by atoms with E-state index in [9.17, 15) is 14.3 Å². The maximum Gasteiger partial charge on any atom is 0.305 e. The molecule has 1 N–H and O–H groups in total. The number of rotatable bonds is 10. The highest BCUT2D eigenvalue weighted by Gasteiger charge is 2.17. The third kappa shape index (κ3) is 6.68. The summed E-state index contributed by atoms with van der Waals surface area (Å²) in [6, 6.07) is 10.1. The van der Waals surface area contributed by atoms with E-state index in [0.29, 0.717) is 37.3 Å². The van der Waals surface area contributed by atoms with Gasteiger partial charge in [0.25, 0.3) is 0 Å². The van der Waals surface area contributed by atoms with Crippen LogP contribution in [0.5, 0.6) is 0 Å². The van der Waals surface area contributed by atoms with Crippen molar-refractivity contribution in [3.8, 4) is 0 Å². The average molecular weight is 349 g/mol. The Bertz CT molecular complexity index is 645. The first-order chi connectivity index (χ1) is 12.1. The minimum Gasteiger partial charge on any atom is -0.468 e. The Morgan fingerprint density at radius 2 is 2.08 bits per heavy atom. The molecule has 1 aromatic heterocycles. The molecule has 1 heterocycles. The Balaban J connectivity index is 1.96. The molecule has 0 saturated heterocycles. The molecule has 0 aliphatic heterocycles. The summed E-state index contributed by atoms with van der Waals surface area (Å²) < 4.78 is 24.3. The van der Waals surface area contributed by atoms with Crippen LogP contribution in [0.4, 0.5) is 4.39 Å². The molecule has 2 rings (SSSR count). The van der Waals surface area contributed by atoms with Crippen molar-refractivity contribution < 1.29 is 23.4 Å². The van der Waals surface area contributed by atoms with Crippen molar-refractivity contribution in [2.24, 2.45) is 0 Å². The van der Waals surface area contributed by atoms with Crippen molar-refractivity contribution in [1.29, 1.82) is 0 Å². The van der Waals surface area contributed by atoms with Crippen molar-refractivity contribution in [2.45, 2.75) is 39.0 Å². The lowest BCUT2D eigenvalue weighted by atomic mass is 10.2. The monoisotopic (exact) mass is 349 g/mol. The molecule has 0 saturated carbocycles. The van der Waals surface area contributed by atoms with Gasteiger partial charge in [0.1, 0.15) is 24.3 Å². The Morgan fingerprint density at radius 3 is 2.76 bits per heavy atom. The molecule has 136 valence electrons. The number of hydrogen-bond donors (Lipinski definition) is 1. The first-order valence-corrected chi connectivity index (χ1v) is 8.40.